The summed E-state index contributed by atoms with van der Waals surface area (Å²) in [5, 5.41) is 0.619. The molecule has 0 bridgehead atoms. The van der Waals surface area contributed by atoms with E-state index in [9.17, 15) is 4.79 Å². The van der Waals surface area contributed by atoms with E-state index in [1.807, 2.05) is 26.0 Å². The molecule has 0 atom stereocenters. The predicted molar refractivity (Wildman–Crippen MR) is 64.6 cm³/mol. The number of Topliss-reactive ketones (excluding diaryl/α,β-unsaturated/α-hetero) is 1. The van der Waals surface area contributed by atoms with E-state index in [0.717, 1.165) is 17.6 Å². The summed E-state index contributed by atoms with van der Waals surface area (Å²) in [5.74, 6) is 0.128. The van der Waals surface area contributed by atoms with Crippen LogP contribution in [0, 0.1) is 6.92 Å². The molecule has 0 saturated heterocycles. The molecule has 0 aliphatic carbocycles. The molecule has 15 heavy (non-hydrogen) atoms. The van der Waals surface area contributed by atoms with Crippen molar-refractivity contribution in [3.63, 3.8) is 0 Å². The zero-order valence-corrected chi connectivity index (χ0v) is 9.90. The van der Waals surface area contributed by atoms with E-state index >= 15 is 0 Å². The third-order valence-electron chi connectivity index (χ3n) is 2.14. The third-order valence-corrected chi connectivity index (χ3v) is 2.36. The number of carbonyl (C=O) groups excluding carboxylic acids is 1. The van der Waals surface area contributed by atoms with E-state index in [4.69, 9.17) is 11.6 Å². The molecule has 1 aromatic rings. The van der Waals surface area contributed by atoms with Gasteiger partial charge in [0.2, 0.25) is 0 Å². The largest absolute Gasteiger partial charge is 0.294 e. The smallest absolute Gasteiger partial charge is 0.163 e. The van der Waals surface area contributed by atoms with Gasteiger partial charge in [0.15, 0.2) is 5.78 Å². The molecule has 0 fully saturated rings. The number of allylic oxidation sites excluding steroid dienone is 1. The van der Waals surface area contributed by atoms with Gasteiger partial charge < -0.3 is 0 Å². The molecule has 0 saturated carbocycles. The molecule has 0 spiro atoms. The van der Waals surface area contributed by atoms with Crippen LogP contribution in [0.1, 0.15) is 35.7 Å². The number of aryl methyl sites for hydroxylation is 1. The molecule has 1 rings (SSSR count). The number of halogens is 1. The Morgan fingerprint density at radius 3 is 2.53 bits per heavy atom. The molecule has 0 unspecified atom stereocenters. The lowest BCUT2D eigenvalue weighted by Gasteiger charge is -2.03. The van der Waals surface area contributed by atoms with E-state index < -0.39 is 0 Å². The average Bonchev–Trinajstić information content (AvgIpc) is 2.12. The van der Waals surface area contributed by atoms with Gasteiger partial charge in [0, 0.05) is 17.0 Å². The van der Waals surface area contributed by atoms with Crippen molar-refractivity contribution in [3.8, 4) is 0 Å². The minimum absolute atomic E-state index is 0.128. The highest BCUT2D eigenvalue weighted by molar-refractivity contribution is 6.31. The van der Waals surface area contributed by atoms with E-state index in [1.54, 1.807) is 6.07 Å². The van der Waals surface area contributed by atoms with E-state index in [1.165, 1.54) is 0 Å². The fraction of sp³-hybridized carbons (Fsp3) is 0.308. The summed E-state index contributed by atoms with van der Waals surface area (Å²) in [4.78, 5) is 11.8. The molecule has 0 amide bonds. The predicted octanol–water partition coefficient (Wildman–Crippen LogP) is 4.19. The molecule has 0 aliphatic rings. The molecule has 1 nitrogen and oxygen atoms in total. The number of carbonyl (C=O) groups is 1. The average molecular weight is 223 g/mol. The highest BCUT2D eigenvalue weighted by Crippen LogP contribution is 2.17. The summed E-state index contributed by atoms with van der Waals surface area (Å²) < 4.78 is 0. The van der Waals surface area contributed by atoms with Gasteiger partial charge in [0.1, 0.15) is 0 Å². The highest BCUT2D eigenvalue weighted by Gasteiger charge is 2.07. The van der Waals surface area contributed by atoms with Crippen molar-refractivity contribution in [1.29, 1.82) is 0 Å². The summed E-state index contributed by atoms with van der Waals surface area (Å²) in [5.41, 5.74) is 2.74. The summed E-state index contributed by atoms with van der Waals surface area (Å²) in [6.07, 6.45) is 1.25. The van der Waals surface area contributed by atoms with Gasteiger partial charge in [-0.3, -0.25) is 4.79 Å². The Morgan fingerprint density at radius 1 is 1.33 bits per heavy atom. The first kappa shape index (κ1) is 12.0. The molecular weight excluding hydrogens is 208 g/mol. The maximum absolute atomic E-state index is 11.8. The molecule has 0 radical (unpaired) electrons. The number of hydrogen-bond acceptors (Lipinski definition) is 1. The number of ketones is 1. The zero-order chi connectivity index (χ0) is 11.4. The highest BCUT2D eigenvalue weighted by atomic mass is 35.5. The number of benzene rings is 1. The molecule has 0 aliphatic heterocycles. The molecule has 0 heterocycles. The van der Waals surface area contributed by atoms with Gasteiger partial charge in [-0.25, -0.2) is 0 Å². The molecule has 80 valence electrons. The molecule has 0 aromatic heterocycles. The van der Waals surface area contributed by atoms with Crippen LogP contribution in [0.3, 0.4) is 0 Å². The van der Waals surface area contributed by atoms with Crippen molar-refractivity contribution in [1.82, 2.24) is 0 Å². The van der Waals surface area contributed by atoms with E-state index in [0.29, 0.717) is 17.0 Å². The topological polar surface area (TPSA) is 17.1 Å². The summed E-state index contributed by atoms with van der Waals surface area (Å²) in [7, 11) is 0. The Kier molecular flexibility index (Phi) is 4.10. The first-order valence-electron chi connectivity index (χ1n) is 4.94. The van der Waals surface area contributed by atoms with Gasteiger partial charge in [0.25, 0.3) is 0 Å². The van der Waals surface area contributed by atoms with Crippen molar-refractivity contribution in [2.75, 3.05) is 0 Å². The van der Waals surface area contributed by atoms with E-state index in [2.05, 4.69) is 6.58 Å². The number of hydrogen-bond donors (Lipinski definition) is 0. The van der Waals surface area contributed by atoms with Gasteiger partial charge in [-0.15, -0.1) is 6.58 Å². The third kappa shape index (κ3) is 3.88. The van der Waals surface area contributed by atoms with Crippen LogP contribution in [-0.2, 0) is 0 Å². The van der Waals surface area contributed by atoms with Crippen LogP contribution >= 0.6 is 11.6 Å². The second-order valence-corrected chi connectivity index (χ2v) is 4.33. The fourth-order valence-corrected chi connectivity index (χ4v) is 1.66. The normalized spacial score (nSPS) is 10.1. The van der Waals surface area contributed by atoms with E-state index in [-0.39, 0.29) is 5.78 Å². The summed E-state index contributed by atoms with van der Waals surface area (Å²) in [6.45, 7) is 7.64. The Balaban J connectivity index is 2.77. The quantitative estimate of drug-likeness (QED) is 0.552. The van der Waals surface area contributed by atoms with Gasteiger partial charge in [-0.1, -0.05) is 17.2 Å². The minimum atomic E-state index is 0.128. The molecule has 2 heteroatoms. The standard InChI is InChI=1S/C13H15ClO/c1-9(2)4-5-13(15)11-6-10(3)7-12(14)8-11/h6-8H,1,4-5H2,2-3H3. The van der Waals surface area contributed by atoms with Crippen LogP contribution in [0.4, 0.5) is 0 Å². The fourth-order valence-electron chi connectivity index (χ4n) is 1.37. The minimum Gasteiger partial charge on any atom is -0.294 e. The van der Waals surface area contributed by atoms with Crippen molar-refractivity contribution in [2.45, 2.75) is 26.7 Å². The van der Waals surface area contributed by atoms with Crippen molar-refractivity contribution >= 4 is 17.4 Å². The molecule has 1 aromatic carbocycles. The van der Waals surface area contributed by atoms with Crippen LogP contribution < -0.4 is 0 Å². The summed E-state index contributed by atoms with van der Waals surface area (Å²) >= 11 is 5.89. The molecule has 0 N–H and O–H groups in total. The van der Waals surface area contributed by atoms with Crippen molar-refractivity contribution < 1.29 is 4.79 Å². The monoisotopic (exact) mass is 222 g/mol. The Bertz CT molecular complexity index is 373. The van der Waals surface area contributed by atoms with Crippen LogP contribution in [-0.4, -0.2) is 5.78 Å². The lowest BCUT2D eigenvalue weighted by molar-refractivity contribution is 0.0982. The maximum Gasteiger partial charge on any atom is 0.163 e. The Labute approximate surface area is 95.8 Å². The van der Waals surface area contributed by atoms with Crippen LogP contribution in [0.15, 0.2) is 30.4 Å². The van der Waals surface area contributed by atoms with Crippen LogP contribution in [0.25, 0.3) is 0 Å². The first-order valence-corrected chi connectivity index (χ1v) is 5.31. The molecular formula is C13H15ClO. The SMILES string of the molecule is C=C(C)CCC(=O)c1cc(C)cc(Cl)c1. The summed E-state index contributed by atoms with van der Waals surface area (Å²) in [6, 6.07) is 5.43. The Morgan fingerprint density at radius 2 is 2.00 bits per heavy atom. The van der Waals surface area contributed by atoms with Gasteiger partial charge in [-0.05, 0) is 44.0 Å². The van der Waals surface area contributed by atoms with Gasteiger partial charge in [0.05, 0.1) is 0 Å². The lowest BCUT2D eigenvalue weighted by atomic mass is 10.0. The lowest BCUT2D eigenvalue weighted by Crippen LogP contribution is -1.99. The first-order chi connectivity index (χ1) is 6.99. The zero-order valence-electron chi connectivity index (χ0n) is 9.14. The maximum atomic E-state index is 11.8. The van der Waals surface area contributed by atoms with Crippen LogP contribution in [0.2, 0.25) is 5.02 Å². The van der Waals surface area contributed by atoms with Crippen LogP contribution in [0.5, 0.6) is 0 Å². The van der Waals surface area contributed by atoms with Gasteiger partial charge in [-0.2, -0.15) is 0 Å². The van der Waals surface area contributed by atoms with Crippen molar-refractivity contribution in [2.24, 2.45) is 0 Å². The second-order valence-electron chi connectivity index (χ2n) is 3.90. The number of rotatable bonds is 4. The van der Waals surface area contributed by atoms with Gasteiger partial charge >= 0.3 is 0 Å². The Hall–Kier alpha value is -1.08. The second kappa shape index (κ2) is 5.13. The van der Waals surface area contributed by atoms with Crippen molar-refractivity contribution in [3.05, 3.63) is 46.5 Å².